The van der Waals surface area contributed by atoms with Gasteiger partial charge in [0, 0.05) is 4.47 Å². The van der Waals surface area contributed by atoms with Gasteiger partial charge in [-0.05, 0) is 38.5 Å². The molecule has 1 aliphatic rings. The molecule has 3 rings (SSSR count). The van der Waals surface area contributed by atoms with Gasteiger partial charge in [0.25, 0.3) is 0 Å². The van der Waals surface area contributed by atoms with E-state index in [1.54, 1.807) is 17.3 Å². The highest BCUT2D eigenvalue weighted by molar-refractivity contribution is 9.10. The van der Waals surface area contributed by atoms with Crippen LogP contribution in [0.2, 0.25) is 0 Å². The van der Waals surface area contributed by atoms with Crippen LogP contribution in [0, 0.1) is 6.92 Å². The van der Waals surface area contributed by atoms with Crippen LogP contribution in [0.15, 0.2) is 35.1 Å². The van der Waals surface area contributed by atoms with Crippen molar-refractivity contribution in [3.63, 3.8) is 0 Å². The van der Waals surface area contributed by atoms with Gasteiger partial charge < -0.3 is 0 Å². The van der Waals surface area contributed by atoms with Crippen molar-refractivity contribution >= 4 is 33.3 Å². The van der Waals surface area contributed by atoms with Crippen LogP contribution in [0.5, 0.6) is 0 Å². The molecule has 0 N–H and O–H groups in total. The zero-order valence-electron chi connectivity index (χ0n) is 11.5. The summed E-state index contributed by atoms with van der Waals surface area (Å²) in [7, 11) is 0. The van der Waals surface area contributed by atoms with Gasteiger partial charge in [-0.25, -0.2) is 4.98 Å². The number of hydrogen-bond donors (Lipinski definition) is 0. The molecule has 0 fully saturated rings. The van der Waals surface area contributed by atoms with Gasteiger partial charge in [0.1, 0.15) is 0 Å². The summed E-state index contributed by atoms with van der Waals surface area (Å²) in [4.78, 5) is 22.9. The van der Waals surface area contributed by atoms with Crippen LogP contribution < -0.4 is 4.90 Å². The van der Waals surface area contributed by atoms with Gasteiger partial charge in [0.15, 0.2) is 5.82 Å². The van der Waals surface area contributed by atoms with Crippen molar-refractivity contribution in [2.24, 2.45) is 0 Å². The normalized spacial score (nSPS) is 16.4. The summed E-state index contributed by atoms with van der Waals surface area (Å²) in [6.07, 6.45) is 3.31. The number of fused-ring (bicyclic) bond motifs is 1. The lowest BCUT2D eigenvalue weighted by Gasteiger charge is -2.19. The van der Waals surface area contributed by atoms with Gasteiger partial charge in [-0.2, -0.15) is 0 Å². The van der Waals surface area contributed by atoms with Crippen molar-refractivity contribution < 1.29 is 4.79 Å². The molecule has 5 heteroatoms. The van der Waals surface area contributed by atoms with Crippen molar-refractivity contribution in [1.29, 1.82) is 0 Å². The van der Waals surface area contributed by atoms with E-state index in [1.807, 2.05) is 39.0 Å². The van der Waals surface area contributed by atoms with E-state index in [-0.39, 0.29) is 5.91 Å². The second-order valence-corrected chi connectivity index (χ2v) is 6.36. The number of nitrogens with zero attached hydrogens (tertiary/aromatic N) is 3. The first-order chi connectivity index (χ1) is 9.41. The van der Waals surface area contributed by atoms with Crippen LogP contribution >= 0.6 is 15.9 Å². The maximum atomic E-state index is 12.7. The Bertz CT molecular complexity index is 695. The molecule has 4 nitrogen and oxygen atoms in total. The number of anilines is 2. The van der Waals surface area contributed by atoms with E-state index in [2.05, 4.69) is 25.9 Å². The summed E-state index contributed by atoms with van der Waals surface area (Å²) in [6.45, 7) is 5.74. The molecule has 0 aliphatic carbocycles. The number of halogens is 1. The minimum absolute atomic E-state index is 0.0174. The highest BCUT2D eigenvalue weighted by Crippen LogP contribution is 2.45. The van der Waals surface area contributed by atoms with Gasteiger partial charge in [-0.1, -0.05) is 22.0 Å². The molecule has 0 unspecified atom stereocenters. The molecule has 0 bridgehead atoms. The zero-order chi connectivity index (χ0) is 14.5. The second kappa shape index (κ2) is 4.38. The number of amides is 1. The molecular weight excluding hydrogens is 318 g/mol. The maximum Gasteiger partial charge on any atom is 0.242 e. The highest BCUT2D eigenvalue weighted by Gasteiger charge is 2.45. The second-order valence-electron chi connectivity index (χ2n) is 5.44. The molecule has 0 saturated heterocycles. The van der Waals surface area contributed by atoms with Crippen molar-refractivity contribution in [3.05, 3.63) is 46.3 Å². The molecule has 102 valence electrons. The van der Waals surface area contributed by atoms with E-state index in [1.165, 1.54) is 0 Å². The first kappa shape index (κ1) is 13.2. The quantitative estimate of drug-likeness (QED) is 0.803. The summed E-state index contributed by atoms with van der Waals surface area (Å²) in [5, 5.41) is 0. The Kier molecular flexibility index (Phi) is 2.90. The minimum atomic E-state index is -0.553. The first-order valence-electron chi connectivity index (χ1n) is 6.34. The third kappa shape index (κ3) is 1.85. The molecule has 0 spiro atoms. The van der Waals surface area contributed by atoms with Crippen molar-refractivity contribution in [3.8, 4) is 0 Å². The topological polar surface area (TPSA) is 46.1 Å². The third-order valence-corrected chi connectivity index (χ3v) is 4.10. The molecule has 20 heavy (non-hydrogen) atoms. The average Bonchev–Trinajstić information content (AvgIpc) is 2.59. The molecule has 1 aromatic heterocycles. The highest BCUT2D eigenvalue weighted by atomic mass is 79.9. The van der Waals surface area contributed by atoms with E-state index in [4.69, 9.17) is 0 Å². The molecule has 0 saturated carbocycles. The van der Waals surface area contributed by atoms with Crippen LogP contribution in [-0.2, 0) is 10.2 Å². The smallest absolute Gasteiger partial charge is 0.242 e. The summed E-state index contributed by atoms with van der Waals surface area (Å²) in [5.41, 5.74) is 2.15. The lowest BCUT2D eigenvalue weighted by molar-refractivity contribution is -0.121. The molecule has 2 aromatic rings. The van der Waals surface area contributed by atoms with Crippen molar-refractivity contribution in [2.45, 2.75) is 26.2 Å². The largest absolute Gasteiger partial charge is 0.273 e. The van der Waals surface area contributed by atoms with Crippen LogP contribution in [0.25, 0.3) is 0 Å². The standard InChI is InChI=1S/C15H14BrN3O/c1-9-7-18-13(8-17-9)19-12-6-10(16)4-5-11(12)15(2,3)14(19)20/h4-8H,1-3H3. The lowest BCUT2D eigenvalue weighted by Crippen LogP contribution is -2.33. The van der Waals surface area contributed by atoms with E-state index >= 15 is 0 Å². The van der Waals surface area contributed by atoms with E-state index in [0.29, 0.717) is 5.82 Å². The Hall–Kier alpha value is -1.75. The molecule has 2 heterocycles. The van der Waals surface area contributed by atoms with Gasteiger partial charge in [0.05, 0.1) is 29.2 Å². The van der Waals surface area contributed by atoms with E-state index in [0.717, 1.165) is 21.4 Å². The summed E-state index contributed by atoms with van der Waals surface area (Å²) >= 11 is 3.46. The lowest BCUT2D eigenvalue weighted by atomic mass is 9.86. The van der Waals surface area contributed by atoms with Crippen LogP contribution in [-0.4, -0.2) is 15.9 Å². The Balaban J connectivity index is 2.20. The van der Waals surface area contributed by atoms with Crippen molar-refractivity contribution in [2.75, 3.05) is 4.90 Å². The van der Waals surface area contributed by atoms with Gasteiger partial charge in [0.2, 0.25) is 5.91 Å². The maximum absolute atomic E-state index is 12.7. The Labute approximate surface area is 126 Å². The Morgan fingerprint density at radius 1 is 1.20 bits per heavy atom. The number of carbonyl (C=O) groups excluding carboxylic acids is 1. The summed E-state index contributed by atoms with van der Waals surface area (Å²) in [5.74, 6) is 0.578. The van der Waals surface area contributed by atoms with Gasteiger partial charge in [-0.3, -0.25) is 14.7 Å². The Morgan fingerprint density at radius 2 is 1.95 bits per heavy atom. The number of aromatic nitrogens is 2. The SMILES string of the molecule is Cc1cnc(N2C(=O)C(C)(C)c3ccc(Br)cc32)cn1. The fourth-order valence-corrected chi connectivity index (χ4v) is 2.80. The molecule has 1 amide bonds. The van der Waals surface area contributed by atoms with Crippen LogP contribution in [0.4, 0.5) is 11.5 Å². The predicted octanol–water partition coefficient (Wildman–Crippen LogP) is 3.50. The first-order valence-corrected chi connectivity index (χ1v) is 7.14. The van der Waals surface area contributed by atoms with Crippen LogP contribution in [0.3, 0.4) is 0 Å². The number of carbonyl (C=O) groups is 1. The zero-order valence-corrected chi connectivity index (χ0v) is 13.1. The Morgan fingerprint density at radius 3 is 2.60 bits per heavy atom. The molecule has 0 radical (unpaired) electrons. The molecule has 1 aliphatic heterocycles. The number of benzene rings is 1. The fraction of sp³-hybridized carbons (Fsp3) is 0.267. The number of rotatable bonds is 1. The molecule has 1 aromatic carbocycles. The monoisotopic (exact) mass is 331 g/mol. The summed E-state index contributed by atoms with van der Waals surface area (Å²) in [6, 6.07) is 5.89. The van der Waals surface area contributed by atoms with Gasteiger partial charge in [-0.15, -0.1) is 0 Å². The van der Waals surface area contributed by atoms with Crippen molar-refractivity contribution in [1.82, 2.24) is 9.97 Å². The van der Waals surface area contributed by atoms with E-state index < -0.39 is 5.41 Å². The number of aryl methyl sites for hydroxylation is 1. The van der Waals surface area contributed by atoms with Crippen LogP contribution in [0.1, 0.15) is 25.1 Å². The predicted molar refractivity (Wildman–Crippen MR) is 81.1 cm³/mol. The average molecular weight is 332 g/mol. The summed E-state index contributed by atoms with van der Waals surface area (Å²) < 4.78 is 0.937. The fourth-order valence-electron chi connectivity index (χ4n) is 2.45. The number of hydrogen-bond acceptors (Lipinski definition) is 3. The minimum Gasteiger partial charge on any atom is -0.273 e. The molecular formula is C15H14BrN3O. The third-order valence-electron chi connectivity index (χ3n) is 3.61. The molecule has 0 atom stereocenters. The van der Waals surface area contributed by atoms with Gasteiger partial charge >= 0.3 is 0 Å². The van der Waals surface area contributed by atoms with E-state index in [9.17, 15) is 4.79 Å².